The molecule has 15 heavy (non-hydrogen) atoms. The fraction of sp³-hybridized carbons (Fsp3) is 0.286. The standard InChI is InChI=1S/C7H5F3N2O3/c1-15-3-2-4(12(13)14)11-7(10)5(3)6(8)9/h2,6H,1H3. The summed E-state index contributed by atoms with van der Waals surface area (Å²) in [5.74, 6) is -3.07. The summed E-state index contributed by atoms with van der Waals surface area (Å²) in [5, 5.41) is 10.2. The van der Waals surface area contributed by atoms with E-state index in [0.29, 0.717) is 6.07 Å². The maximum atomic E-state index is 12.9. The quantitative estimate of drug-likeness (QED) is 0.446. The second kappa shape index (κ2) is 4.11. The van der Waals surface area contributed by atoms with Gasteiger partial charge in [-0.15, -0.1) is 0 Å². The van der Waals surface area contributed by atoms with Gasteiger partial charge in [-0.3, -0.25) is 0 Å². The molecule has 0 atom stereocenters. The molecule has 1 rings (SSSR count). The lowest BCUT2D eigenvalue weighted by molar-refractivity contribution is -0.390. The molecule has 0 radical (unpaired) electrons. The third-order valence-corrected chi connectivity index (χ3v) is 1.59. The smallest absolute Gasteiger partial charge is 0.370 e. The van der Waals surface area contributed by atoms with Crippen molar-refractivity contribution < 1.29 is 22.8 Å². The van der Waals surface area contributed by atoms with Gasteiger partial charge >= 0.3 is 11.8 Å². The van der Waals surface area contributed by atoms with E-state index in [2.05, 4.69) is 9.72 Å². The number of nitro groups is 1. The van der Waals surface area contributed by atoms with Crippen LogP contribution in [-0.2, 0) is 0 Å². The Morgan fingerprint density at radius 1 is 1.60 bits per heavy atom. The van der Waals surface area contributed by atoms with Gasteiger partial charge in [-0.05, 0) is 9.91 Å². The molecular weight excluding hydrogens is 217 g/mol. The van der Waals surface area contributed by atoms with Crippen LogP contribution >= 0.6 is 0 Å². The van der Waals surface area contributed by atoms with E-state index in [1.54, 1.807) is 0 Å². The number of nitrogens with zero attached hydrogens (tertiary/aromatic N) is 2. The van der Waals surface area contributed by atoms with Crippen molar-refractivity contribution in [3.05, 3.63) is 27.7 Å². The molecule has 1 aromatic rings. The third-order valence-electron chi connectivity index (χ3n) is 1.59. The largest absolute Gasteiger partial charge is 0.496 e. The van der Waals surface area contributed by atoms with E-state index >= 15 is 0 Å². The molecule has 0 amide bonds. The Hall–Kier alpha value is -1.86. The summed E-state index contributed by atoms with van der Waals surface area (Å²) in [6, 6.07) is 0.643. The van der Waals surface area contributed by atoms with Crippen molar-refractivity contribution in [2.24, 2.45) is 0 Å². The summed E-state index contributed by atoms with van der Waals surface area (Å²) in [7, 11) is 1.00. The molecular formula is C7H5F3N2O3. The monoisotopic (exact) mass is 222 g/mol. The van der Waals surface area contributed by atoms with Crippen LogP contribution in [0.4, 0.5) is 19.0 Å². The number of aromatic nitrogens is 1. The summed E-state index contributed by atoms with van der Waals surface area (Å²) in [6.45, 7) is 0. The minimum atomic E-state index is -3.15. The topological polar surface area (TPSA) is 65.3 Å². The van der Waals surface area contributed by atoms with Crippen LogP contribution in [0, 0.1) is 16.1 Å². The molecule has 0 unspecified atom stereocenters. The number of methoxy groups -OCH3 is 1. The first-order valence-electron chi connectivity index (χ1n) is 3.64. The van der Waals surface area contributed by atoms with Crippen molar-refractivity contribution in [1.29, 1.82) is 0 Å². The molecule has 0 aromatic carbocycles. The zero-order chi connectivity index (χ0) is 11.6. The van der Waals surface area contributed by atoms with Crippen molar-refractivity contribution in [2.45, 2.75) is 6.43 Å². The molecule has 0 aliphatic heterocycles. The van der Waals surface area contributed by atoms with Crippen LogP contribution in [-0.4, -0.2) is 17.0 Å². The van der Waals surface area contributed by atoms with Gasteiger partial charge < -0.3 is 14.9 Å². The van der Waals surface area contributed by atoms with Crippen LogP contribution in [0.3, 0.4) is 0 Å². The molecule has 0 saturated heterocycles. The maximum absolute atomic E-state index is 12.9. The van der Waals surface area contributed by atoms with Gasteiger partial charge in [0.05, 0.1) is 13.2 Å². The van der Waals surface area contributed by atoms with Gasteiger partial charge in [0.15, 0.2) is 0 Å². The first-order valence-corrected chi connectivity index (χ1v) is 3.64. The molecule has 0 fully saturated rings. The third kappa shape index (κ3) is 2.14. The zero-order valence-corrected chi connectivity index (χ0v) is 7.41. The van der Waals surface area contributed by atoms with Crippen molar-refractivity contribution in [2.75, 3.05) is 7.11 Å². The molecule has 1 heterocycles. The van der Waals surface area contributed by atoms with E-state index in [-0.39, 0.29) is 0 Å². The lowest BCUT2D eigenvalue weighted by atomic mass is 10.2. The van der Waals surface area contributed by atoms with Crippen LogP contribution in [0.15, 0.2) is 6.07 Å². The minimum absolute atomic E-state index is 0.593. The van der Waals surface area contributed by atoms with Crippen LogP contribution in [0.2, 0.25) is 0 Å². The van der Waals surface area contributed by atoms with Crippen molar-refractivity contribution in [1.82, 2.24) is 4.98 Å². The average Bonchev–Trinajstić information content (AvgIpc) is 2.15. The second-order valence-electron chi connectivity index (χ2n) is 2.45. The highest BCUT2D eigenvalue weighted by molar-refractivity contribution is 5.39. The highest BCUT2D eigenvalue weighted by atomic mass is 19.3. The van der Waals surface area contributed by atoms with E-state index in [9.17, 15) is 23.3 Å². The number of ether oxygens (including phenoxy) is 1. The Labute approximate surface area is 81.6 Å². The summed E-state index contributed by atoms with van der Waals surface area (Å²) >= 11 is 0. The van der Waals surface area contributed by atoms with Gasteiger partial charge in [-0.25, -0.2) is 8.78 Å². The van der Waals surface area contributed by atoms with Gasteiger partial charge in [0.2, 0.25) is 0 Å². The van der Waals surface area contributed by atoms with Gasteiger partial charge in [-0.2, -0.15) is 4.39 Å². The number of hydrogen-bond acceptors (Lipinski definition) is 4. The number of pyridine rings is 1. The Bertz CT molecular complexity index is 397. The molecule has 0 aliphatic rings. The summed E-state index contributed by atoms with van der Waals surface area (Å²) in [5.41, 5.74) is -1.08. The predicted octanol–water partition coefficient (Wildman–Crippen LogP) is 2.08. The molecule has 8 heteroatoms. The van der Waals surface area contributed by atoms with Gasteiger partial charge in [0.1, 0.15) is 11.3 Å². The van der Waals surface area contributed by atoms with Gasteiger partial charge in [-0.1, -0.05) is 0 Å². The van der Waals surface area contributed by atoms with Crippen molar-refractivity contribution in [3.8, 4) is 5.75 Å². The molecule has 82 valence electrons. The molecule has 0 aliphatic carbocycles. The molecule has 0 spiro atoms. The number of rotatable bonds is 3. The lowest BCUT2D eigenvalue weighted by Gasteiger charge is -2.05. The average molecular weight is 222 g/mol. The summed E-state index contributed by atoms with van der Waals surface area (Å²) in [6.07, 6.45) is -3.15. The fourth-order valence-corrected chi connectivity index (χ4v) is 0.950. The second-order valence-corrected chi connectivity index (χ2v) is 2.45. The van der Waals surface area contributed by atoms with E-state index < -0.39 is 34.4 Å². The first kappa shape index (κ1) is 11.2. The highest BCUT2D eigenvalue weighted by Gasteiger charge is 2.27. The van der Waals surface area contributed by atoms with Crippen molar-refractivity contribution in [3.63, 3.8) is 0 Å². The van der Waals surface area contributed by atoms with E-state index in [4.69, 9.17) is 0 Å². The molecule has 0 N–H and O–H groups in total. The van der Waals surface area contributed by atoms with Crippen LogP contribution < -0.4 is 4.74 Å². The Morgan fingerprint density at radius 3 is 2.60 bits per heavy atom. The van der Waals surface area contributed by atoms with Crippen LogP contribution in [0.1, 0.15) is 12.0 Å². The van der Waals surface area contributed by atoms with E-state index in [1.807, 2.05) is 0 Å². The summed E-state index contributed by atoms with van der Waals surface area (Å²) < 4.78 is 41.9. The maximum Gasteiger partial charge on any atom is 0.370 e. The van der Waals surface area contributed by atoms with Crippen LogP contribution in [0.5, 0.6) is 5.75 Å². The first-order chi connectivity index (χ1) is 6.97. The molecule has 0 bridgehead atoms. The Kier molecular flexibility index (Phi) is 3.08. The highest BCUT2D eigenvalue weighted by Crippen LogP contribution is 2.32. The summed E-state index contributed by atoms with van der Waals surface area (Å²) in [4.78, 5) is 12.0. The minimum Gasteiger partial charge on any atom is -0.496 e. The number of alkyl halides is 2. The van der Waals surface area contributed by atoms with Crippen LogP contribution in [0.25, 0.3) is 0 Å². The predicted molar refractivity (Wildman–Crippen MR) is 42.4 cm³/mol. The lowest BCUT2D eigenvalue weighted by Crippen LogP contribution is -2.03. The number of hydrogen-bond donors (Lipinski definition) is 0. The molecule has 0 saturated carbocycles. The molecule has 5 nitrogen and oxygen atoms in total. The van der Waals surface area contributed by atoms with E-state index in [0.717, 1.165) is 7.11 Å². The Balaban J connectivity index is 3.37. The van der Waals surface area contributed by atoms with E-state index in [1.165, 1.54) is 0 Å². The fourth-order valence-electron chi connectivity index (χ4n) is 0.950. The normalized spacial score (nSPS) is 10.5. The zero-order valence-electron chi connectivity index (χ0n) is 7.41. The van der Waals surface area contributed by atoms with Gasteiger partial charge in [0.25, 0.3) is 6.43 Å². The Morgan fingerprint density at radius 2 is 2.20 bits per heavy atom. The van der Waals surface area contributed by atoms with Gasteiger partial charge in [0, 0.05) is 0 Å². The SMILES string of the molecule is COc1cc([N+](=O)[O-])nc(F)c1C(F)F. The van der Waals surface area contributed by atoms with Crippen molar-refractivity contribution >= 4 is 5.82 Å². The number of halogens is 3. The molecule has 1 aromatic heterocycles.